The minimum absolute atomic E-state index is 0.0201. The van der Waals surface area contributed by atoms with Gasteiger partial charge in [-0.2, -0.15) is 0 Å². The van der Waals surface area contributed by atoms with E-state index in [1.807, 2.05) is 49.4 Å². The van der Waals surface area contributed by atoms with Gasteiger partial charge < -0.3 is 9.64 Å². The third-order valence-corrected chi connectivity index (χ3v) is 5.12. The Labute approximate surface area is 154 Å². The van der Waals surface area contributed by atoms with E-state index in [4.69, 9.17) is 4.74 Å². The van der Waals surface area contributed by atoms with Gasteiger partial charge in [0.1, 0.15) is 19.1 Å². The number of hydrogen-bond donors (Lipinski definition) is 0. The summed E-state index contributed by atoms with van der Waals surface area (Å²) in [6, 6.07) is 11.6. The summed E-state index contributed by atoms with van der Waals surface area (Å²) in [7, 11) is 0. The molecule has 3 aromatic rings. The van der Waals surface area contributed by atoms with Crippen LogP contribution < -0.4 is 24.5 Å². The molecule has 0 spiro atoms. The van der Waals surface area contributed by atoms with Crippen molar-refractivity contribution in [1.82, 2.24) is 9.55 Å². The van der Waals surface area contributed by atoms with Crippen LogP contribution in [0.5, 0.6) is 5.75 Å². The van der Waals surface area contributed by atoms with Crippen LogP contribution in [-0.2, 0) is 6.67 Å². The third kappa shape index (κ3) is 3.25. The molecule has 0 unspecified atom stereocenters. The molecule has 1 aromatic carbocycles. The predicted molar refractivity (Wildman–Crippen MR) is 102 cm³/mol. The number of fused-ring (bicyclic) bond motifs is 1. The summed E-state index contributed by atoms with van der Waals surface area (Å²) in [5, 5.41) is 0. The zero-order valence-electron chi connectivity index (χ0n) is 14.3. The number of rotatable bonds is 4. The number of pyridine rings is 1. The molecule has 3 heterocycles. The topological polar surface area (TPSA) is 59.7 Å². The average Bonchev–Trinajstić information content (AvgIpc) is 2.99. The van der Waals surface area contributed by atoms with Gasteiger partial charge >= 0.3 is 0 Å². The Morgan fingerprint density at radius 3 is 2.85 bits per heavy atom. The van der Waals surface area contributed by atoms with Crippen molar-refractivity contribution in [3.05, 3.63) is 74.0 Å². The van der Waals surface area contributed by atoms with Gasteiger partial charge in [0.15, 0.2) is 4.80 Å². The van der Waals surface area contributed by atoms with Crippen LogP contribution in [0.3, 0.4) is 0 Å². The van der Waals surface area contributed by atoms with Crippen LogP contribution in [0.1, 0.15) is 12.5 Å². The molecule has 132 valence electrons. The Bertz CT molecular complexity index is 1070. The Morgan fingerprint density at radius 1 is 1.27 bits per heavy atom. The molecule has 7 heteroatoms. The molecule has 0 amide bonds. The van der Waals surface area contributed by atoms with E-state index in [0.29, 0.717) is 24.5 Å². The molecular formula is C19H18N4O2S. The molecule has 0 atom stereocenters. The van der Waals surface area contributed by atoms with Crippen molar-refractivity contribution in [2.24, 2.45) is 4.99 Å². The molecule has 1 aliphatic rings. The number of hydrogen-bond acceptors (Lipinski definition) is 6. The van der Waals surface area contributed by atoms with E-state index < -0.39 is 0 Å². The smallest absolute Gasteiger partial charge is 0.271 e. The Balaban J connectivity index is 1.63. The van der Waals surface area contributed by atoms with Crippen molar-refractivity contribution in [3.63, 3.8) is 0 Å². The molecule has 0 saturated carbocycles. The van der Waals surface area contributed by atoms with E-state index in [0.717, 1.165) is 21.8 Å². The molecule has 4 rings (SSSR count). The zero-order chi connectivity index (χ0) is 17.9. The molecule has 0 bridgehead atoms. The summed E-state index contributed by atoms with van der Waals surface area (Å²) < 4.78 is 7.87. The van der Waals surface area contributed by atoms with Crippen LogP contribution in [0.25, 0.3) is 6.08 Å². The fourth-order valence-electron chi connectivity index (χ4n) is 2.81. The highest BCUT2D eigenvalue weighted by molar-refractivity contribution is 7.07. The molecule has 0 radical (unpaired) electrons. The van der Waals surface area contributed by atoms with Crippen LogP contribution in [0, 0.1) is 0 Å². The molecule has 6 nitrogen and oxygen atoms in total. The summed E-state index contributed by atoms with van der Waals surface area (Å²) in [6.45, 7) is 3.62. The quantitative estimate of drug-likeness (QED) is 0.704. The lowest BCUT2D eigenvalue weighted by Crippen LogP contribution is -2.42. The van der Waals surface area contributed by atoms with E-state index in [1.54, 1.807) is 17.0 Å². The molecule has 0 fully saturated rings. The molecule has 2 aromatic heterocycles. The number of benzene rings is 1. The predicted octanol–water partition coefficient (Wildman–Crippen LogP) is 1.59. The van der Waals surface area contributed by atoms with Crippen LogP contribution in [0.4, 0.5) is 5.69 Å². The van der Waals surface area contributed by atoms with Gasteiger partial charge in [-0.15, -0.1) is 0 Å². The number of nitrogens with zero attached hydrogens (tertiary/aromatic N) is 4. The van der Waals surface area contributed by atoms with Gasteiger partial charge in [-0.3, -0.25) is 14.3 Å². The van der Waals surface area contributed by atoms with Crippen LogP contribution in [-0.4, -0.2) is 22.8 Å². The van der Waals surface area contributed by atoms with Gasteiger partial charge in [-0.25, -0.2) is 4.99 Å². The second-order valence-corrected chi connectivity index (χ2v) is 6.83. The highest BCUT2D eigenvalue weighted by Gasteiger charge is 2.16. The van der Waals surface area contributed by atoms with Crippen LogP contribution in [0.2, 0.25) is 0 Å². The molecule has 0 N–H and O–H groups in total. The minimum Gasteiger partial charge on any atom is -0.494 e. The van der Waals surface area contributed by atoms with Gasteiger partial charge in [0.25, 0.3) is 5.56 Å². The lowest BCUT2D eigenvalue weighted by Gasteiger charge is -2.25. The van der Waals surface area contributed by atoms with Gasteiger partial charge in [0, 0.05) is 18.1 Å². The highest BCUT2D eigenvalue weighted by atomic mass is 32.1. The summed E-state index contributed by atoms with van der Waals surface area (Å²) in [4.78, 5) is 24.2. The zero-order valence-corrected chi connectivity index (χ0v) is 15.1. The molecule has 26 heavy (non-hydrogen) atoms. The minimum atomic E-state index is -0.0201. The van der Waals surface area contributed by atoms with Crippen LogP contribution in [0.15, 0.2) is 58.6 Å². The number of anilines is 1. The number of aromatic nitrogens is 2. The first-order valence-electron chi connectivity index (χ1n) is 8.38. The molecule has 0 aliphatic carbocycles. The van der Waals surface area contributed by atoms with Crippen molar-refractivity contribution in [2.75, 3.05) is 18.2 Å². The van der Waals surface area contributed by atoms with Gasteiger partial charge in [0.05, 0.1) is 11.1 Å². The Morgan fingerprint density at radius 2 is 2.12 bits per heavy atom. The highest BCUT2D eigenvalue weighted by Crippen LogP contribution is 2.20. The lowest BCUT2D eigenvalue weighted by molar-refractivity contribution is 0.340. The largest absolute Gasteiger partial charge is 0.494 e. The molecular weight excluding hydrogens is 348 g/mol. The van der Waals surface area contributed by atoms with E-state index in [2.05, 4.69) is 14.9 Å². The standard InChI is InChI=1S/C19H18N4O2S/c1-2-25-16-7-5-15(6-8-16)22-12-21-19-23(13-22)18(24)17(26-19)10-14-4-3-9-20-11-14/h3-11H,2,12-13H2,1H3/b17-10-. The molecule has 0 saturated heterocycles. The summed E-state index contributed by atoms with van der Waals surface area (Å²) in [5.74, 6) is 0.840. The second kappa shape index (κ2) is 7.13. The van der Waals surface area contributed by atoms with E-state index >= 15 is 0 Å². The Kier molecular flexibility index (Phi) is 4.53. The summed E-state index contributed by atoms with van der Waals surface area (Å²) in [5.41, 5.74) is 1.90. The Hall–Kier alpha value is -2.93. The summed E-state index contributed by atoms with van der Waals surface area (Å²) in [6.07, 6.45) is 5.32. The van der Waals surface area contributed by atoms with Gasteiger partial charge in [-0.05, 0) is 48.9 Å². The normalized spacial score (nSPS) is 14.0. The lowest BCUT2D eigenvalue weighted by atomic mass is 10.3. The first-order chi connectivity index (χ1) is 12.7. The van der Waals surface area contributed by atoms with Crippen molar-refractivity contribution in [1.29, 1.82) is 0 Å². The van der Waals surface area contributed by atoms with Crippen molar-refractivity contribution < 1.29 is 4.74 Å². The maximum absolute atomic E-state index is 12.7. The number of thiazole rings is 1. The van der Waals surface area contributed by atoms with Crippen molar-refractivity contribution >= 4 is 23.1 Å². The maximum atomic E-state index is 12.7. The summed E-state index contributed by atoms with van der Waals surface area (Å²) >= 11 is 1.42. The SMILES string of the molecule is CCOc1ccc(N2CN=c3s/c(=C\c4cccnc4)c(=O)n3C2)cc1. The van der Waals surface area contributed by atoms with E-state index in [1.165, 1.54) is 11.3 Å². The van der Waals surface area contributed by atoms with Crippen molar-refractivity contribution in [2.45, 2.75) is 13.6 Å². The monoisotopic (exact) mass is 366 g/mol. The van der Waals surface area contributed by atoms with Crippen LogP contribution >= 0.6 is 11.3 Å². The first-order valence-corrected chi connectivity index (χ1v) is 9.20. The van der Waals surface area contributed by atoms with Gasteiger partial charge in [0.2, 0.25) is 0 Å². The molecule has 1 aliphatic heterocycles. The fraction of sp³-hybridized carbons (Fsp3) is 0.211. The van der Waals surface area contributed by atoms with E-state index in [9.17, 15) is 4.79 Å². The first kappa shape index (κ1) is 16.5. The second-order valence-electron chi connectivity index (χ2n) is 5.82. The number of ether oxygens (including phenoxy) is 1. The van der Waals surface area contributed by atoms with Crippen molar-refractivity contribution in [3.8, 4) is 5.75 Å². The average molecular weight is 366 g/mol. The maximum Gasteiger partial charge on any atom is 0.271 e. The van der Waals surface area contributed by atoms with E-state index in [-0.39, 0.29) is 5.56 Å². The fourth-order valence-corrected chi connectivity index (χ4v) is 3.77. The van der Waals surface area contributed by atoms with Gasteiger partial charge in [-0.1, -0.05) is 17.4 Å². The third-order valence-electron chi connectivity index (χ3n) is 4.07.